The Morgan fingerprint density at radius 1 is 0.885 bits per heavy atom. The summed E-state index contributed by atoms with van der Waals surface area (Å²) in [4.78, 5) is 39.3. The van der Waals surface area contributed by atoms with E-state index in [1.807, 2.05) is 88.4 Å². The average Bonchev–Trinajstić information content (AvgIpc) is 3.60. The van der Waals surface area contributed by atoms with Gasteiger partial charge in [-0.05, 0) is 81.7 Å². The Morgan fingerprint density at radius 2 is 1.54 bits per heavy atom. The minimum absolute atomic E-state index is 0.254. The van der Waals surface area contributed by atoms with Gasteiger partial charge in [-0.15, -0.1) is 0 Å². The molecule has 1 aliphatic rings. The molecule has 1 heterocycles. The van der Waals surface area contributed by atoms with E-state index in [1.165, 1.54) is 25.7 Å². The number of carbonyl (C=O) groups is 3. The second-order valence-corrected chi connectivity index (χ2v) is 15.1. The number of benzene rings is 2. The number of ether oxygens (including phenoxy) is 4. The molecule has 0 spiro atoms. The molecule has 0 unspecified atom stereocenters. The molecule has 0 saturated carbocycles. The summed E-state index contributed by atoms with van der Waals surface area (Å²) < 4.78 is 23.3. The van der Waals surface area contributed by atoms with E-state index in [9.17, 15) is 14.4 Å². The first-order chi connectivity index (χ1) is 25.0. The first-order valence-corrected chi connectivity index (χ1v) is 19.7. The van der Waals surface area contributed by atoms with Crippen LogP contribution >= 0.6 is 0 Å². The number of aldehydes is 1. The van der Waals surface area contributed by atoms with Crippen LogP contribution in [0.4, 0.5) is 0 Å². The van der Waals surface area contributed by atoms with Crippen LogP contribution in [0.5, 0.6) is 5.75 Å². The van der Waals surface area contributed by atoms with Gasteiger partial charge in [-0.25, -0.2) is 4.79 Å². The molecule has 2 aromatic carbocycles. The number of rotatable bonds is 24. The van der Waals surface area contributed by atoms with Crippen LogP contribution in [-0.2, 0) is 35.0 Å². The van der Waals surface area contributed by atoms with Gasteiger partial charge in [0.2, 0.25) is 5.91 Å². The molecule has 0 radical (unpaired) electrons. The molecule has 0 aromatic heterocycles. The van der Waals surface area contributed by atoms with E-state index >= 15 is 0 Å². The molecule has 3 rings (SSSR count). The highest BCUT2D eigenvalue weighted by atomic mass is 16.7. The summed E-state index contributed by atoms with van der Waals surface area (Å²) >= 11 is 0. The monoisotopic (exact) mass is 719 g/mol. The lowest BCUT2D eigenvalue weighted by Crippen LogP contribution is -2.48. The van der Waals surface area contributed by atoms with Gasteiger partial charge in [-0.1, -0.05) is 101 Å². The second-order valence-electron chi connectivity index (χ2n) is 15.1. The fourth-order valence-corrected chi connectivity index (χ4v) is 6.73. The van der Waals surface area contributed by atoms with Crippen molar-refractivity contribution in [3.63, 3.8) is 0 Å². The van der Waals surface area contributed by atoms with E-state index in [1.54, 1.807) is 7.11 Å². The zero-order valence-corrected chi connectivity index (χ0v) is 32.8. The number of methoxy groups -OCH3 is 1. The summed E-state index contributed by atoms with van der Waals surface area (Å²) in [6.07, 6.45) is 18.6. The van der Waals surface area contributed by atoms with Gasteiger partial charge in [0.15, 0.2) is 5.79 Å². The summed E-state index contributed by atoms with van der Waals surface area (Å²) in [6, 6.07) is 14.8. The third-order valence-corrected chi connectivity index (χ3v) is 9.71. The van der Waals surface area contributed by atoms with Crippen molar-refractivity contribution in [3.8, 4) is 16.9 Å². The number of hydrogen-bond donors (Lipinski definition) is 1. The number of amides is 1. The SMILES string of the molecule is CCCCCCCC1(CCCCCC/C=C/[C@H](C(=O)N[C@@H](Cc2ccc(-c3cccc(OC)c3)cc2)C(=O)OC(C)(C)C)[C@H](C=O)CC)OCCO1. The van der Waals surface area contributed by atoms with Gasteiger partial charge in [0, 0.05) is 25.2 Å². The Bertz CT molecular complexity index is 1370. The number of esters is 1. The summed E-state index contributed by atoms with van der Waals surface area (Å²) in [6.45, 7) is 10.9. The van der Waals surface area contributed by atoms with Gasteiger partial charge < -0.3 is 29.1 Å². The van der Waals surface area contributed by atoms with Crippen molar-refractivity contribution >= 4 is 18.2 Å². The molecule has 0 aliphatic carbocycles. The van der Waals surface area contributed by atoms with Crippen LogP contribution in [0.2, 0.25) is 0 Å². The first-order valence-electron chi connectivity index (χ1n) is 19.7. The van der Waals surface area contributed by atoms with Gasteiger partial charge in [0.1, 0.15) is 23.7 Å². The van der Waals surface area contributed by atoms with E-state index in [2.05, 4.69) is 12.2 Å². The number of unbranched alkanes of at least 4 members (excludes halogenated alkanes) is 8. The Balaban J connectivity index is 1.58. The standard InChI is InChI=1S/C44H65NO7/c1-7-9-10-14-17-27-44(50-29-30-51-44)28-18-15-12-11-13-16-22-39(35(8-2)33-46)41(47)45-40(42(48)52-43(3,4)5)31-34-23-25-36(26-24-34)37-20-19-21-38(32-37)49-6/h16,19-26,32-33,35,39-40H,7-15,17-18,27-31H2,1-6H3,(H,45,47)/b22-16+/t35-,39-,40-/m0/s1. The van der Waals surface area contributed by atoms with E-state index in [4.69, 9.17) is 18.9 Å². The number of allylic oxidation sites excluding steroid dienone is 1. The normalized spacial score (nSPS) is 16.0. The molecule has 1 aliphatic heterocycles. The maximum absolute atomic E-state index is 13.8. The Hall–Kier alpha value is -3.49. The van der Waals surface area contributed by atoms with E-state index < -0.39 is 35.2 Å². The molecule has 0 bridgehead atoms. The number of hydrogen-bond acceptors (Lipinski definition) is 7. The quantitative estimate of drug-likeness (QED) is 0.0499. The predicted molar refractivity (Wildman–Crippen MR) is 208 cm³/mol. The summed E-state index contributed by atoms with van der Waals surface area (Å²) in [7, 11) is 1.64. The zero-order chi connectivity index (χ0) is 37.8. The van der Waals surface area contributed by atoms with Crippen LogP contribution in [0.1, 0.15) is 124 Å². The Labute approximate surface area is 313 Å². The molecule has 1 N–H and O–H groups in total. The van der Waals surface area contributed by atoms with Crippen LogP contribution in [0.25, 0.3) is 11.1 Å². The molecule has 8 heteroatoms. The van der Waals surface area contributed by atoms with Crippen LogP contribution in [-0.4, -0.2) is 55.9 Å². The molecule has 288 valence electrons. The average molecular weight is 720 g/mol. The summed E-state index contributed by atoms with van der Waals surface area (Å²) in [5, 5.41) is 2.96. The summed E-state index contributed by atoms with van der Waals surface area (Å²) in [5.74, 6) is -1.66. The topological polar surface area (TPSA) is 100 Å². The van der Waals surface area contributed by atoms with E-state index in [0.717, 1.165) is 80.1 Å². The van der Waals surface area contributed by atoms with Gasteiger partial charge in [-0.2, -0.15) is 0 Å². The molecule has 2 aromatic rings. The lowest BCUT2D eigenvalue weighted by molar-refractivity contribution is -0.168. The van der Waals surface area contributed by atoms with E-state index in [0.29, 0.717) is 19.6 Å². The highest BCUT2D eigenvalue weighted by molar-refractivity contribution is 5.88. The van der Waals surface area contributed by atoms with Crippen LogP contribution in [0, 0.1) is 11.8 Å². The summed E-state index contributed by atoms with van der Waals surface area (Å²) in [5.41, 5.74) is 2.18. The van der Waals surface area contributed by atoms with Crippen molar-refractivity contribution in [1.29, 1.82) is 0 Å². The van der Waals surface area contributed by atoms with Crippen LogP contribution < -0.4 is 10.1 Å². The van der Waals surface area contributed by atoms with Crippen molar-refractivity contribution in [2.75, 3.05) is 20.3 Å². The van der Waals surface area contributed by atoms with Crippen LogP contribution in [0.3, 0.4) is 0 Å². The maximum Gasteiger partial charge on any atom is 0.329 e. The lowest BCUT2D eigenvalue weighted by Gasteiger charge is -2.27. The molecule has 1 saturated heterocycles. The van der Waals surface area contributed by atoms with Crippen molar-refractivity contribution in [2.45, 2.75) is 142 Å². The van der Waals surface area contributed by atoms with Gasteiger partial charge >= 0.3 is 5.97 Å². The fourth-order valence-electron chi connectivity index (χ4n) is 6.73. The molecule has 1 fully saturated rings. The minimum atomic E-state index is -0.915. The predicted octanol–water partition coefficient (Wildman–Crippen LogP) is 9.57. The third-order valence-electron chi connectivity index (χ3n) is 9.71. The van der Waals surface area contributed by atoms with Gasteiger partial charge in [-0.3, -0.25) is 4.79 Å². The smallest absolute Gasteiger partial charge is 0.329 e. The van der Waals surface area contributed by atoms with Crippen molar-refractivity contribution < 1.29 is 33.3 Å². The van der Waals surface area contributed by atoms with Crippen LogP contribution in [0.15, 0.2) is 60.7 Å². The van der Waals surface area contributed by atoms with Gasteiger partial charge in [0.05, 0.1) is 26.2 Å². The molecule has 1 amide bonds. The first kappa shape index (κ1) is 42.9. The van der Waals surface area contributed by atoms with E-state index in [-0.39, 0.29) is 12.3 Å². The fraction of sp³-hybridized carbons (Fsp3) is 0.614. The molecular formula is C44H65NO7. The Morgan fingerprint density at radius 3 is 2.13 bits per heavy atom. The zero-order valence-electron chi connectivity index (χ0n) is 32.8. The molecule has 52 heavy (non-hydrogen) atoms. The Kier molecular flexibility index (Phi) is 18.6. The van der Waals surface area contributed by atoms with Crippen molar-refractivity contribution in [1.82, 2.24) is 5.32 Å². The highest BCUT2D eigenvalue weighted by Crippen LogP contribution is 2.32. The largest absolute Gasteiger partial charge is 0.497 e. The minimum Gasteiger partial charge on any atom is -0.497 e. The molecule has 3 atom stereocenters. The van der Waals surface area contributed by atoms with Crippen molar-refractivity contribution in [3.05, 3.63) is 66.2 Å². The maximum atomic E-state index is 13.8. The molecule has 8 nitrogen and oxygen atoms in total. The third kappa shape index (κ3) is 14.9. The lowest BCUT2D eigenvalue weighted by atomic mass is 9.89. The number of carbonyl (C=O) groups excluding carboxylic acids is 3. The second kappa shape index (κ2) is 22.5. The van der Waals surface area contributed by atoms with Crippen molar-refractivity contribution in [2.24, 2.45) is 11.8 Å². The molecular weight excluding hydrogens is 654 g/mol. The van der Waals surface area contributed by atoms with Gasteiger partial charge in [0.25, 0.3) is 0 Å². The highest BCUT2D eigenvalue weighted by Gasteiger charge is 2.35. The number of nitrogens with one attached hydrogen (secondary N) is 1.